The van der Waals surface area contributed by atoms with Crippen molar-refractivity contribution in [1.29, 1.82) is 0 Å². The van der Waals surface area contributed by atoms with Crippen LogP contribution in [-0.4, -0.2) is 63.2 Å². The highest BCUT2D eigenvalue weighted by Crippen LogP contribution is 2.70. The van der Waals surface area contributed by atoms with Crippen molar-refractivity contribution < 1.29 is 38.1 Å². The molecule has 3 fully saturated rings. The maximum absolute atomic E-state index is 16.9. The highest BCUT2D eigenvalue weighted by atomic mass is 19.2. The lowest BCUT2D eigenvalue weighted by Gasteiger charge is -2.63. The van der Waals surface area contributed by atoms with Gasteiger partial charge in [0.25, 0.3) is 0 Å². The normalized spacial score (nSPS) is 52.7. The average Bonchev–Trinajstić information content (AvgIpc) is 2.94. The Bertz CT molecular complexity index is 886. The third-order valence-electron chi connectivity index (χ3n) is 8.70. The molecule has 9 atom stereocenters. The van der Waals surface area contributed by atoms with Crippen LogP contribution >= 0.6 is 0 Å². The van der Waals surface area contributed by atoms with E-state index in [-0.39, 0.29) is 30.4 Å². The van der Waals surface area contributed by atoms with Crippen molar-refractivity contribution in [2.75, 3.05) is 6.61 Å². The zero-order chi connectivity index (χ0) is 22.4. The predicted octanol–water partition coefficient (Wildman–Crippen LogP) is 1.94. The molecule has 0 spiro atoms. The van der Waals surface area contributed by atoms with Crippen LogP contribution in [-0.2, 0) is 9.59 Å². The fourth-order valence-electron chi connectivity index (χ4n) is 7.02. The van der Waals surface area contributed by atoms with E-state index in [1.165, 1.54) is 26.8 Å². The number of rotatable bonds is 2. The second-order valence-corrected chi connectivity index (χ2v) is 9.86. The first-order chi connectivity index (χ1) is 13.8. The molecule has 0 aliphatic heterocycles. The zero-order valence-electron chi connectivity index (χ0n) is 17.2. The number of Topliss-reactive ketones (excluding diaryl/α,β-unsaturated/α-hetero) is 1. The van der Waals surface area contributed by atoms with Crippen LogP contribution in [0.25, 0.3) is 0 Å². The van der Waals surface area contributed by atoms with Gasteiger partial charge in [0, 0.05) is 16.7 Å². The first-order valence-electron chi connectivity index (χ1n) is 10.3. The van der Waals surface area contributed by atoms with Gasteiger partial charge in [-0.2, -0.15) is 0 Å². The molecule has 8 heteroatoms. The minimum absolute atomic E-state index is 0.0473. The fourth-order valence-corrected chi connectivity index (χ4v) is 7.02. The number of hydrogen-bond acceptors (Lipinski definition) is 5. The van der Waals surface area contributed by atoms with E-state index >= 15 is 13.2 Å². The topological polar surface area (TPSA) is 94.8 Å². The van der Waals surface area contributed by atoms with Crippen molar-refractivity contribution in [2.24, 2.45) is 22.7 Å². The molecule has 0 heterocycles. The van der Waals surface area contributed by atoms with Gasteiger partial charge in [0.15, 0.2) is 23.4 Å². The van der Waals surface area contributed by atoms with Crippen molar-refractivity contribution >= 4 is 11.6 Å². The summed E-state index contributed by atoms with van der Waals surface area (Å²) in [7, 11) is 0. The van der Waals surface area contributed by atoms with E-state index in [2.05, 4.69) is 0 Å². The Balaban J connectivity index is 1.91. The van der Waals surface area contributed by atoms with Gasteiger partial charge in [0.2, 0.25) is 0 Å². The van der Waals surface area contributed by atoms with Gasteiger partial charge in [-0.1, -0.05) is 13.0 Å². The summed E-state index contributed by atoms with van der Waals surface area (Å²) in [6, 6.07) is 0. The molecular weight excluding hydrogens is 401 g/mol. The van der Waals surface area contributed by atoms with E-state index in [1.807, 2.05) is 0 Å². The predicted molar refractivity (Wildman–Crippen MR) is 101 cm³/mol. The number of carbonyl (C=O) groups is 2. The number of alkyl halides is 3. The summed E-state index contributed by atoms with van der Waals surface area (Å²) < 4.78 is 47.7. The van der Waals surface area contributed by atoms with Gasteiger partial charge >= 0.3 is 0 Å². The minimum Gasteiger partial charge on any atom is -0.390 e. The summed E-state index contributed by atoms with van der Waals surface area (Å²) in [4.78, 5) is 24.5. The van der Waals surface area contributed by atoms with Gasteiger partial charge in [-0.3, -0.25) is 9.59 Å². The van der Waals surface area contributed by atoms with Crippen LogP contribution in [0.15, 0.2) is 23.3 Å². The second kappa shape index (κ2) is 6.26. The molecule has 4 aliphatic rings. The Kier molecular flexibility index (Phi) is 4.53. The lowest BCUT2D eigenvalue weighted by molar-refractivity contribution is -0.237. The van der Waals surface area contributed by atoms with Gasteiger partial charge in [-0.25, -0.2) is 13.2 Å². The number of allylic oxidation sites excluding steroid dienone is 4. The minimum atomic E-state index is -2.64. The van der Waals surface area contributed by atoms with E-state index < -0.39 is 70.6 Å². The van der Waals surface area contributed by atoms with Crippen LogP contribution in [0.2, 0.25) is 0 Å². The number of fused-ring (bicyclic) bond motifs is 5. The molecule has 4 rings (SSSR count). The molecule has 0 bridgehead atoms. The molecule has 0 saturated heterocycles. The third-order valence-corrected chi connectivity index (χ3v) is 8.70. The molecule has 3 N–H and O–H groups in total. The van der Waals surface area contributed by atoms with E-state index in [1.54, 1.807) is 0 Å². The quantitative estimate of drug-likeness (QED) is 0.625. The monoisotopic (exact) mass is 428 g/mol. The lowest BCUT2D eigenvalue weighted by Crippen LogP contribution is -2.73. The molecule has 0 amide bonds. The van der Waals surface area contributed by atoms with Gasteiger partial charge in [0.05, 0.1) is 6.10 Å². The number of hydrogen-bond donors (Lipinski definition) is 3. The molecule has 166 valence electrons. The van der Waals surface area contributed by atoms with Crippen molar-refractivity contribution in [3.8, 4) is 0 Å². The number of aliphatic hydroxyl groups excluding tert-OH is 2. The maximum Gasteiger partial charge on any atom is 0.190 e. The molecule has 3 saturated carbocycles. The van der Waals surface area contributed by atoms with Gasteiger partial charge in [-0.05, 0) is 56.3 Å². The van der Waals surface area contributed by atoms with Crippen molar-refractivity contribution in [2.45, 2.75) is 69.8 Å². The highest BCUT2D eigenvalue weighted by molar-refractivity contribution is 6.05. The molecule has 30 heavy (non-hydrogen) atoms. The van der Waals surface area contributed by atoms with Gasteiger partial charge < -0.3 is 15.3 Å². The first-order valence-corrected chi connectivity index (χ1v) is 10.3. The van der Waals surface area contributed by atoms with Crippen LogP contribution in [0.4, 0.5) is 13.2 Å². The first kappa shape index (κ1) is 21.7. The fraction of sp³-hybridized carbons (Fsp3) is 0.727. The van der Waals surface area contributed by atoms with Gasteiger partial charge in [0.1, 0.15) is 18.4 Å². The van der Waals surface area contributed by atoms with E-state index in [0.29, 0.717) is 0 Å². The SMILES string of the molecule is CC1=C[C@@]2(C)C(=CC1=O)C(F)C(F)[C@H]1[C@@H]3CC[C@](O)(C(=O)CO)[C@@]3(C)CC(O)[C@@]12F. The van der Waals surface area contributed by atoms with Crippen LogP contribution < -0.4 is 0 Å². The van der Waals surface area contributed by atoms with Crippen molar-refractivity contribution in [1.82, 2.24) is 0 Å². The molecule has 0 radical (unpaired) electrons. The summed E-state index contributed by atoms with van der Waals surface area (Å²) in [5.41, 5.74) is -8.03. The summed E-state index contributed by atoms with van der Waals surface area (Å²) in [5, 5.41) is 31.5. The lowest BCUT2D eigenvalue weighted by atomic mass is 9.43. The Labute approximate surface area is 172 Å². The Morgan fingerprint density at radius 3 is 2.53 bits per heavy atom. The van der Waals surface area contributed by atoms with E-state index in [9.17, 15) is 24.9 Å². The van der Waals surface area contributed by atoms with Crippen LogP contribution in [0, 0.1) is 22.7 Å². The van der Waals surface area contributed by atoms with Crippen molar-refractivity contribution in [3.63, 3.8) is 0 Å². The summed E-state index contributed by atoms with van der Waals surface area (Å²) in [6.45, 7) is 3.35. The number of halogens is 3. The Hall–Kier alpha value is -1.51. The van der Waals surface area contributed by atoms with E-state index in [4.69, 9.17) is 0 Å². The van der Waals surface area contributed by atoms with Gasteiger partial charge in [-0.15, -0.1) is 0 Å². The molecule has 5 nitrogen and oxygen atoms in total. The molecule has 0 aromatic rings. The smallest absolute Gasteiger partial charge is 0.190 e. The van der Waals surface area contributed by atoms with E-state index in [0.717, 1.165) is 6.08 Å². The average molecular weight is 428 g/mol. The summed E-state index contributed by atoms with van der Waals surface area (Å²) in [5.74, 6) is -3.98. The van der Waals surface area contributed by atoms with Crippen LogP contribution in [0.3, 0.4) is 0 Å². The Morgan fingerprint density at radius 1 is 1.30 bits per heavy atom. The second-order valence-electron chi connectivity index (χ2n) is 9.86. The molecule has 0 aromatic carbocycles. The number of aliphatic hydroxyl groups is 3. The zero-order valence-corrected chi connectivity index (χ0v) is 17.2. The van der Waals surface area contributed by atoms with Crippen molar-refractivity contribution in [3.05, 3.63) is 23.3 Å². The standard InChI is InChI=1S/C22H27F3O5/c1-10-7-20(3)12(6-13(10)27)17(23)18(24)16-11-4-5-21(30,15(29)9-26)19(11,2)8-14(28)22(16,20)25/h6-7,11,14,16-18,26,28,30H,4-5,8-9H2,1-3H3/t11-,14?,16+,17?,18?,19-,20-,21-,22+/m0/s1. The van der Waals surface area contributed by atoms with Crippen LogP contribution in [0.1, 0.15) is 40.0 Å². The maximum atomic E-state index is 16.9. The number of ketones is 2. The molecule has 4 aliphatic carbocycles. The van der Waals surface area contributed by atoms with Crippen LogP contribution in [0.5, 0.6) is 0 Å². The molecular formula is C22H27F3O5. The third kappa shape index (κ3) is 2.20. The molecule has 3 unspecified atom stereocenters. The Morgan fingerprint density at radius 2 is 1.93 bits per heavy atom. The highest BCUT2D eigenvalue weighted by Gasteiger charge is 2.77. The largest absolute Gasteiger partial charge is 0.390 e. The molecule has 0 aromatic heterocycles. The number of carbonyl (C=O) groups excluding carboxylic acids is 2. The summed E-state index contributed by atoms with van der Waals surface area (Å²) in [6.07, 6.45) is -4.67. The summed E-state index contributed by atoms with van der Waals surface area (Å²) >= 11 is 0.